The van der Waals surface area contributed by atoms with Crippen LogP contribution in [0.2, 0.25) is 0 Å². The predicted octanol–water partition coefficient (Wildman–Crippen LogP) is 1.47. The van der Waals surface area contributed by atoms with E-state index >= 15 is 0 Å². The van der Waals surface area contributed by atoms with E-state index in [4.69, 9.17) is 5.73 Å². The zero-order valence-electron chi connectivity index (χ0n) is 11.7. The van der Waals surface area contributed by atoms with E-state index in [0.29, 0.717) is 18.2 Å². The molecular formula is C13H24N4O. The third-order valence-electron chi connectivity index (χ3n) is 2.97. The molecular weight excluding hydrogens is 228 g/mol. The van der Waals surface area contributed by atoms with Crippen molar-refractivity contribution in [2.24, 2.45) is 11.7 Å². The Morgan fingerprint density at radius 3 is 2.72 bits per heavy atom. The summed E-state index contributed by atoms with van der Waals surface area (Å²) in [6.45, 7) is 8.63. The molecule has 0 fully saturated rings. The van der Waals surface area contributed by atoms with Gasteiger partial charge in [-0.25, -0.2) is 0 Å². The lowest BCUT2D eigenvalue weighted by Gasteiger charge is -2.30. The Hall–Kier alpha value is -1.36. The second kappa shape index (κ2) is 6.00. The Labute approximate surface area is 109 Å². The molecule has 5 nitrogen and oxygen atoms in total. The van der Waals surface area contributed by atoms with Gasteiger partial charge in [0.05, 0.1) is 5.54 Å². The van der Waals surface area contributed by atoms with Gasteiger partial charge in [0.25, 0.3) is 5.91 Å². The average Bonchev–Trinajstić information content (AvgIpc) is 2.76. The van der Waals surface area contributed by atoms with Crippen molar-refractivity contribution >= 4 is 5.91 Å². The Balaban J connectivity index is 2.72. The first kappa shape index (κ1) is 14.7. The lowest BCUT2D eigenvalue weighted by molar-refractivity contribution is 0.0893. The number of amides is 1. The number of hydrogen-bond donors (Lipinski definition) is 3. The van der Waals surface area contributed by atoms with Gasteiger partial charge in [0.1, 0.15) is 5.69 Å². The summed E-state index contributed by atoms with van der Waals surface area (Å²) >= 11 is 0. The van der Waals surface area contributed by atoms with E-state index in [0.717, 1.165) is 18.5 Å². The molecule has 0 spiro atoms. The van der Waals surface area contributed by atoms with Crippen LogP contribution in [0.5, 0.6) is 0 Å². The minimum atomic E-state index is -0.378. The van der Waals surface area contributed by atoms with Gasteiger partial charge in [0.15, 0.2) is 0 Å². The molecule has 4 N–H and O–H groups in total. The minimum Gasteiger partial charge on any atom is -0.344 e. The van der Waals surface area contributed by atoms with Crippen molar-refractivity contribution in [3.05, 3.63) is 17.5 Å². The number of nitrogens with zero attached hydrogens (tertiary/aromatic N) is 1. The fourth-order valence-corrected chi connectivity index (χ4v) is 2.08. The predicted molar refractivity (Wildman–Crippen MR) is 72.3 cm³/mol. The van der Waals surface area contributed by atoms with Crippen molar-refractivity contribution in [3.8, 4) is 0 Å². The van der Waals surface area contributed by atoms with Crippen LogP contribution in [-0.2, 0) is 6.42 Å². The maximum atomic E-state index is 12.1. The number of aromatic amines is 1. The number of H-pyrrole nitrogens is 1. The molecule has 18 heavy (non-hydrogen) atoms. The SMILES string of the molecule is CCc1cc(C(=O)NC(C)(CN)CC(C)C)n[nH]1. The van der Waals surface area contributed by atoms with Crippen molar-refractivity contribution in [1.29, 1.82) is 0 Å². The Morgan fingerprint density at radius 1 is 1.61 bits per heavy atom. The van der Waals surface area contributed by atoms with Gasteiger partial charge >= 0.3 is 0 Å². The highest BCUT2D eigenvalue weighted by Crippen LogP contribution is 2.16. The van der Waals surface area contributed by atoms with Crippen LogP contribution >= 0.6 is 0 Å². The molecule has 1 aromatic rings. The second-order valence-electron chi connectivity index (χ2n) is 5.45. The zero-order chi connectivity index (χ0) is 13.8. The van der Waals surface area contributed by atoms with Gasteiger partial charge in [0, 0.05) is 12.2 Å². The molecule has 0 aliphatic heterocycles. The van der Waals surface area contributed by atoms with Crippen LogP contribution in [0.3, 0.4) is 0 Å². The van der Waals surface area contributed by atoms with Crippen LogP contribution in [-0.4, -0.2) is 28.2 Å². The van der Waals surface area contributed by atoms with Gasteiger partial charge in [-0.1, -0.05) is 20.8 Å². The Kier molecular flexibility index (Phi) is 4.90. The average molecular weight is 252 g/mol. The molecule has 0 radical (unpaired) electrons. The first-order chi connectivity index (χ1) is 8.40. The topological polar surface area (TPSA) is 83.8 Å². The Morgan fingerprint density at radius 2 is 2.28 bits per heavy atom. The molecule has 0 aliphatic carbocycles. The first-order valence-electron chi connectivity index (χ1n) is 6.47. The molecule has 0 bridgehead atoms. The number of carbonyl (C=O) groups excluding carboxylic acids is 1. The first-order valence-corrected chi connectivity index (χ1v) is 6.47. The quantitative estimate of drug-likeness (QED) is 0.716. The number of hydrogen-bond acceptors (Lipinski definition) is 3. The largest absolute Gasteiger partial charge is 0.344 e. The molecule has 1 atom stereocenters. The highest BCUT2D eigenvalue weighted by molar-refractivity contribution is 5.92. The summed E-state index contributed by atoms with van der Waals surface area (Å²) in [4.78, 5) is 12.1. The summed E-state index contributed by atoms with van der Waals surface area (Å²) in [6, 6.07) is 1.78. The number of nitrogens with two attached hydrogens (primary N) is 1. The fraction of sp³-hybridized carbons (Fsp3) is 0.692. The summed E-state index contributed by atoms with van der Waals surface area (Å²) in [7, 11) is 0. The molecule has 1 amide bonds. The standard InChI is InChI=1S/C13H24N4O/c1-5-10-6-11(17-16-10)12(18)15-13(4,8-14)7-9(2)3/h6,9H,5,7-8,14H2,1-4H3,(H,15,18)(H,16,17). The van der Waals surface area contributed by atoms with Gasteiger partial charge in [-0.05, 0) is 31.7 Å². The molecule has 0 aliphatic rings. The smallest absolute Gasteiger partial charge is 0.272 e. The van der Waals surface area contributed by atoms with E-state index in [-0.39, 0.29) is 11.4 Å². The highest BCUT2D eigenvalue weighted by Gasteiger charge is 2.27. The van der Waals surface area contributed by atoms with Gasteiger partial charge in [-0.15, -0.1) is 0 Å². The number of aryl methyl sites for hydroxylation is 1. The molecule has 1 unspecified atom stereocenters. The maximum Gasteiger partial charge on any atom is 0.272 e. The maximum absolute atomic E-state index is 12.1. The highest BCUT2D eigenvalue weighted by atomic mass is 16.2. The van der Waals surface area contributed by atoms with E-state index in [1.54, 1.807) is 6.07 Å². The van der Waals surface area contributed by atoms with Crippen LogP contribution in [0.15, 0.2) is 6.07 Å². The van der Waals surface area contributed by atoms with Crippen LogP contribution < -0.4 is 11.1 Å². The van der Waals surface area contributed by atoms with E-state index in [9.17, 15) is 4.79 Å². The lowest BCUT2D eigenvalue weighted by Crippen LogP contribution is -2.52. The van der Waals surface area contributed by atoms with Crippen molar-refractivity contribution < 1.29 is 4.79 Å². The fourth-order valence-electron chi connectivity index (χ4n) is 2.08. The molecule has 1 rings (SSSR count). The number of rotatable bonds is 6. The summed E-state index contributed by atoms with van der Waals surface area (Å²) in [5.41, 5.74) is 6.77. The minimum absolute atomic E-state index is 0.167. The van der Waals surface area contributed by atoms with Gasteiger partial charge < -0.3 is 11.1 Å². The van der Waals surface area contributed by atoms with E-state index in [1.165, 1.54) is 0 Å². The van der Waals surface area contributed by atoms with Gasteiger partial charge in [0.2, 0.25) is 0 Å². The van der Waals surface area contributed by atoms with Crippen LogP contribution in [0.4, 0.5) is 0 Å². The van der Waals surface area contributed by atoms with E-state index in [1.807, 2.05) is 13.8 Å². The van der Waals surface area contributed by atoms with Gasteiger partial charge in [-0.3, -0.25) is 9.89 Å². The summed E-state index contributed by atoms with van der Waals surface area (Å²) < 4.78 is 0. The van der Waals surface area contributed by atoms with E-state index < -0.39 is 0 Å². The monoisotopic (exact) mass is 252 g/mol. The van der Waals surface area contributed by atoms with Crippen molar-refractivity contribution in [3.63, 3.8) is 0 Å². The van der Waals surface area contributed by atoms with Crippen LogP contribution in [0, 0.1) is 5.92 Å². The second-order valence-corrected chi connectivity index (χ2v) is 5.45. The Bertz CT molecular complexity index is 399. The molecule has 1 aromatic heterocycles. The number of carbonyl (C=O) groups is 1. The summed E-state index contributed by atoms with van der Waals surface area (Å²) in [6.07, 6.45) is 1.68. The van der Waals surface area contributed by atoms with Crippen molar-refractivity contribution in [2.45, 2.75) is 46.1 Å². The lowest BCUT2D eigenvalue weighted by atomic mass is 9.90. The van der Waals surface area contributed by atoms with E-state index in [2.05, 4.69) is 29.4 Å². The number of aromatic nitrogens is 2. The third kappa shape index (κ3) is 3.84. The summed E-state index contributed by atoms with van der Waals surface area (Å²) in [5, 5.41) is 9.83. The number of nitrogens with one attached hydrogen (secondary N) is 2. The van der Waals surface area contributed by atoms with Gasteiger partial charge in [-0.2, -0.15) is 5.10 Å². The molecule has 5 heteroatoms. The third-order valence-corrected chi connectivity index (χ3v) is 2.97. The summed E-state index contributed by atoms with van der Waals surface area (Å²) in [5.74, 6) is 0.309. The molecule has 1 heterocycles. The zero-order valence-corrected chi connectivity index (χ0v) is 11.7. The van der Waals surface area contributed by atoms with Crippen LogP contribution in [0.25, 0.3) is 0 Å². The van der Waals surface area contributed by atoms with Crippen molar-refractivity contribution in [2.75, 3.05) is 6.54 Å². The molecule has 0 saturated heterocycles. The molecule has 102 valence electrons. The van der Waals surface area contributed by atoms with Crippen LogP contribution in [0.1, 0.15) is 50.3 Å². The molecule has 0 aromatic carbocycles. The van der Waals surface area contributed by atoms with Crippen molar-refractivity contribution in [1.82, 2.24) is 15.5 Å². The molecule has 0 saturated carbocycles. The normalized spacial score (nSPS) is 14.6.